The third-order valence-electron chi connectivity index (χ3n) is 6.55. The van der Waals surface area contributed by atoms with Crippen LogP contribution in [0.4, 0.5) is 5.69 Å². The highest BCUT2D eigenvalue weighted by Crippen LogP contribution is 2.29. The average molecular weight is 543 g/mol. The van der Waals surface area contributed by atoms with E-state index < -0.39 is 0 Å². The number of carbonyl (C=O) groups is 2. The number of benzene rings is 1. The van der Waals surface area contributed by atoms with E-state index >= 15 is 0 Å². The van der Waals surface area contributed by atoms with Gasteiger partial charge in [-0.05, 0) is 43.5 Å². The van der Waals surface area contributed by atoms with Gasteiger partial charge in [0.2, 0.25) is 5.91 Å². The average Bonchev–Trinajstić information content (AvgIpc) is 3.31. The molecule has 2 aliphatic rings. The molecular weight excluding hydrogens is 512 g/mol. The number of aryl methyl sites for hydroxylation is 1. The van der Waals surface area contributed by atoms with Crippen molar-refractivity contribution in [2.24, 2.45) is 0 Å². The number of aromatic amines is 1. The number of nitrogens with one attached hydrogen (secondary N) is 5. The number of pyridine rings is 1. The molecule has 1 aromatic heterocycles. The van der Waals surface area contributed by atoms with Crippen molar-refractivity contribution in [1.82, 2.24) is 20.5 Å². The molecule has 1 aliphatic carbocycles. The summed E-state index contributed by atoms with van der Waals surface area (Å²) >= 11 is 3.49. The highest BCUT2D eigenvalue weighted by atomic mass is 79.9. The number of hydrogen-bond acceptors (Lipinski definition) is 6. The lowest BCUT2D eigenvalue weighted by atomic mass is 10.0. The van der Waals surface area contributed by atoms with E-state index in [9.17, 15) is 14.4 Å². The third-order valence-corrected chi connectivity index (χ3v) is 7.01. The quantitative estimate of drug-likeness (QED) is 0.327. The van der Waals surface area contributed by atoms with Gasteiger partial charge in [-0.3, -0.25) is 19.3 Å². The number of anilines is 1. The zero-order valence-corrected chi connectivity index (χ0v) is 21.4. The molecule has 2 fully saturated rings. The Hall–Kier alpha value is -2.98. The van der Waals surface area contributed by atoms with Gasteiger partial charge in [0.05, 0.1) is 12.1 Å². The molecule has 0 bridgehead atoms. The SMILES string of the molecule is Cc1cc(CN2CCNC(=O)C2)c(CNC(=O)c2cc(Br)cc(NC3CCCC3)c2C=N)c(=O)[nH]1. The van der Waals surface area contributed by atoms with Crippen molar-refractivity contribution in [2.45, 2.75) is 51.7 Å². The third kappa shape index (κ3) is 6.18. The van der Waals surface area contributed by atoms with E-state index in [1.165, 1.54) is 19.1 Å². The molecule has 0 spiro atoms. The Morgan fingerprint density at radius 3 is 2.74 bits per heavy atom. The Morgan fingerprint density at radius 1 is 1.26 bits per heavy atom. The van der Waals surface area contributed by atoms with Crippen molar-refractivity contribution in [1.29, 1.82) is 5.41 Å². The van der Waals surface area contributed by atoms with Crippen LogP contribution in [-0.2, 0) is 17.9 Å². The van der Waals surface area contributed by atoms with Crippen LogP contribution in [0, 0.1) is 12.3 Å². The Labute approximate surface area is 212 Å². The van der Waals surface area contributed by atoms with E-state index in [2.05, 4.69) is 36.9 Å². The second kappa shape index (κ2) is 11.2. The summed E-state index contributed by atoms with van der Waals surface area (Å²) in [5.74, 6) is -0.397. The maximum atomic E-state index is 13.2. The lowest BCUT2D eigenvalue weighted by Crippen LogP contribution is -2.47. The molecule has 1 aromatic carbocycles. The van der Waals surface area contributed by atoms with Crippen molar-refractivity contribution in [3.8, 4) is 0 Å². The molecule has 1 saturated carbocycles. The molecule has 186 valence electrons. The Morgan fingerprint density at radius 2 is 2.03 bits per heavy atom. The van der Waals surface area contributed by atoms with Crippen molar-refractivity contribution < 1.29 is 9.59 Å². The first-order chi connectivity index (χ1) is 16.8. The number of halogens is 1. The molecule has 2 amide bonds. The first-order valence-corrected chi connectivity index (χ1v) is 12.7. The first kappa shape index (κ1) is 25.1. The molecule has 2 heterocycles. The minimum Gasteiger partial charge on any atom is -0.382 e. The van der Waals surface area contributed by atoms with Crippen molar-refractivity contribution >= 4 is 39.6 Å². The molecular formula is C25H31BrN6O3. The molecule has 2 aromatic rings. The van der Waals surface area contributed by atoms with Crippen molar-refractivity contribution in [3.05, 3.63) is 61.0 Å². The lowest BCUT2D eigenvalue weighted by Gasteiger charge is -2.27. The molecule has 1 saturated heterocycles. The van der Waals surface area contributed by atoms with E-state index in [0.29, 0.717) is 42.4 Å². The highest BCUT2D eigenvalue weighted by molar-refractivity contribution is 9.10. The smallest absolute Gasteiger partial charge is 0.253 e. The van der Waals surface area contributed by atoms with Crippen molar-refractivity contribution in [3.63, 3.8) is 0 Å². The van der Waals surface area contributed by atoms with Gasteiger partial charge in [0.1, 0.15) is 0 Å². The van der Waals surface area contributed by atoms with Crippen LogP contribution in [0.1, 0.15) is 58.4 Å². The van der Waals surface area contributed by atoms with Crippen LogP contribution in [-0.4, -0.2) is 53.6 Å². The van der Waals surface area contributed by atoms with Crippen LogP contribution in [0.15, 0.2) is 27.5 Å². The molecule has 0 radical (unpaired) electrons. The Bertz CT molecular complexity index is 1190. The van der Waals surface area contributed by atoms with Gasteiger partial charge in [0.15, 0.2) is 0 Å². The van der Waals surface area contributed by atoms with Gasteiger partial charge >= 0.3 is 0 Å². The number of carbonyl (C=O) groups excluding carboxylic acids is 2. The first-order valence-electron chi connectivity index (χ1n) is 11.9. The van der Waals surface area contributed by atoms with Crippen LogP contribution in [0.25, 0.3) is 0 Å². The van der Waals surface area contributed by atoms with Gasteiger partial charge in [-0.25, -0.2) is 0 Å². The number of rotatable bonds is 8. The van der Waals surface area contributed by atoms with Gasteiger partial charge in [0, 0.05) is 65.4 Å². The molecule has 9 nitrogen and oxygen atoms in total. The summed E-state index contributed by atoms with van der Waals surface area (Å²) in [4.78, 5) is 42.6. The maximum absolute atomic E-state index is 13.2. The van der Waals surface area contributed by atoms with Crippen LogP contribution in [0.2, 0.25) is 0 Å². The molecule has 1 aliphatic heterocycles. The molecule has 35 heavy (non-hydrogen) atoms. The number of hydrogen-bond donors (Lipinski definition) is 5. The molecule has 10 heteroatoms. The molecule has 5 N–H and O–H groups in total. The maximum Gasteiger partial charge on any atom is 0.253 e. The fourth-order valence-corrected chi connectivity index (χ4v) is 5.28. The van der Waals surface area contributed by atoms with Crippen LogP contribution < -0.4 is 21.5 Å². The summed E-state index contributed by atoms with van der Waals surface area (Å²) in [6, 6.07) is 5.82. The summed E-state index contributed by atoms with van der Waals surface area (Å²) < 4.78 is 0.742. The van der Waals surface area contributed by atoms with Crippen LogP contribution in [0.3, 0.4) is 0 Å². The lowest BCUT2D eigenvalue weighted by molar-refractivity contribution is -0.124. The Balaban J connectivity index is 1.54. The predicted octanol–water partition coefficient (Wildman–Crippen LogP) is 2.66. The van der Waals surface area contributed by atoms with E-state index in [1.807, 2.05) is 24.0 Å². The number of H-pyrrole nitrogens is 1. The summed E-state index contributed by atoms with van der Waals surface area (Å²) in [6.45, 7) is 3.84. The Kier molecular flexibility index (Phi) is 8.02. The number of piperazine rings is 1. The highest BCUT2D eigenvalue weighted by Gasteiger charge is 2.22. The normalized spacial score (nSPS) is 16.7. The fraction of sp³-hybridized carbons (Fsp3) is 0.440. The number of amides is 2. The second-order valence-corrected chi connectivity index (χ2v) is 10.1. The van der Waals surface area contributed by atoms with Gasteiger partial charge in [-0.2, -0.15) is 0 Å². The monoisotopic (exact) mass is 542 g/mol. The molecule has 0 unspecified atom stereocenters. The van der Waals surface area contributed by atoms with E-state index in [-0.39, 0.29) is 30.5 Å². The van der Waals surface area contributed by atoms with Crippen LogP contribution in [0.5, 0.6) is 0 Å². The minimum atomic E-state index is -0.359. The predicted molar refractivity (Wildman–Crippen MR) is 139 cm³/mol. The topological polar surface area (TPSA) is 130 Å². The summed E-state index contributed by atoms with van der Waals surface area (Å²) in [5.41, 5.74) is 3.36. The summed E-state index contributed by atoms with van der Waals surface area (Å²) in [5, 5.41) is 17.1. The summed E-state index contributed by atoms with van der Waals surface area (Å²) in [7, 11) is 0. The standard InChI is InChI=1S/C25H31BrN6O3/c1-15-8-16(13-32-7-6-28-23(33)14-32)21(25(35)30-15)12-29-24(34)19-9-17(26)10-22(20(19)11-27)31-18-4-2-3-5-18/h8-11,18,27,31H,2-7,12-14H2,1H3,(H,28,33)(H,29,34)(H,30,35). The van der Waals surface area contributed by atoms with E-state index in [0.717, 1.165) is 34.3 Å². The number of nitrogens with zero attached hydrogens (tertiary/aromatic N) is 1. The zero-order valence-electron chi connectivity index (χ0n) is 19.8. The van der Waals surface area contributed by atoms with Crippen molar-refractivity contribution in [2.75, 3.05) is 25.0 Å². The number of aromatic nitrogens is 1. The van der Waals surface area contributed by atoms with Gasteiger partial charge in [0.25, 0.3) is 11.5 Å². The van der Waals surface area contributed by atoms with Gasteiger partial charge in [-0.1, -0.05) is 28.8 Å². The van der Waals surface area contributed by atoms with Gasteiger partial charge < -0.3 is 26.3 Å². The minimum absolute atomic E-state index is 0.0384. The van der Waals surface area contributed by atoms with Crippen LogP contribution >= 0.6 is 15.9 Å². The van der Waals surface area contributed by atoms with Gasteiger partial charge in [-0.15, -0.1) is 0 Å². The largest absolute Gasteiger partial charge is 0.382 e. The fourth-order valence-electron chi connectivity index (χ4n) is 4.82. The summed E-state index contributed by atoms with van der Waals surface area (Å²) in [6.07, 6.45) is 5.69. The zero-order chi connectivity index (χ0) is 24.9. The van der Waals surface area contributed by atoms with E-state index in [4.69, 9.17) is 5.41 Å². The van der Waals surface area contributed by atoms with E-state index in [1.54, 1.807) is 6.07 Å². The second-order valence-electron chi connectivity index (χ2n) is 9.21. The molecule has 4 rings (SSSR count). The molecule has 0 atom stereocenters.